The first-order valence-electron chi connectivity index (χ1n) is 6.99. The Kier molecular flexibility index (Phi) is 5.44. The van der Waals surface area contributed by atoms with E-state index in [1.165, 1.54) is 0 Å². The monoisotopic (exact) mass is 304 g/mol. The standard InChI is InChI=1S/C16H20N2O2S/c1-3-10-21-11-9-18-14(13-7-5-4-6-8-13)15(19)17-12(2)16(18)20/h3-8,12,14H,1,9-11H2,2H3,(H,17,19). The van der Waals surface area contributed by atoms with Crippen molar-refractivity contribution in [1.29, 1.82) is 0 Å². The van der Waals surface area contributed by atoms with Crippen molar-refractivity contribution in [3.05, 3.63) is 48.6 Å². The van der Waals surface area contributed by atoms with Crippen LogP contribution < -0.4 is 5.32 Å². The van der Waals surface area contributed by atoms with E-state index in [2.05, 4.69) is 11.9 Å². The summed E-state index contributed by atoms with van der Waals surface area (Å²) in [6.07, 6.45) is 1.84. The predicted octanol–water partition coefficient (Wildman–Crippen LogP) is 1.99. The van der Waals surface area contributed by atoms with Gasteiger partial charge in [0.1, 0.15) is 12.1 Å². The number of nitrogens with zero attached hydrogens (tertiary/aromatic N) is 1. The molecule has 2 amide bonds. The molecule has 0 aliphatic carbocycles. The van der Waals surface area contributed by atoms with Gasteiger partial charge in [0.2, 0.25) is 11.8 Å². The van der Waals surface area contributed by atoms with Crippen molar-refractivity contribution in [3.63, 3.8) is 0 Å². The number of carbonyl (C=O) groups is 2. The van der Waals surface area contributed by atoms with E-state index in [0.717, 1.165) is 17.1 Å². The summed E-state index contributed by atoms with van der Waals surface area (Å²) in [5.74, 6) is 1.51. The number of thioether (sulfide) groups is 1. The molecule has 1 aliphatic rings. The Hall–Kier alpha value is -1.75. The summed E-state index contributed by atoms with van der Waals surface area (Å²) in [4.78, 5) is 26.4. The summed E-state index contributed by atoms with van der Waals surface area (Å²) in [6.45, 7) is 5.97. The number of rotatable bonds is 6. The van der Waals surface area contributed by atoms with Crippen molar-refractivity contribution >= 4 is 23.6 Å². The summed E-state index contributed by atoms with van der Waals surface area (Å²) < 4.78 is 0. The van der Waals surface area contributed by atoms with Crippen molar-refractivity contribution in [1.82, 2.24) is 10.2 Å². The molecule has 0 aromatic heterocycles. The van der Waals surface area contributed by atoms with Crippen LogP contribution in [0.1, 0.15) is 18.5 Å². The number of carbonyl (C=O) groups excluding carboxylic acids is 2. The highest BCUT2D eigenvalue weighted by Crippen LogP contribution is 2.25. The normalized spacial score (nSPS) is 22.0. The van der Waals surface area contributed by atoms with Gasteiger partial charge in [-0.1, -0.05) is 36.4 Å². The highest BCUT2D eigenvalue weighted by atomic mass is 32.2. The molecule has 21 heavy (non-hydrogen) atoms. The van der Waals surface area contributed by atoms with Crippen LogP contribution in [0.15, 0.2) is 43.0 Å². The molecule has 1 aromatic carbocycles. The second-order valence-corrected chi connectivity index (χ2v) is 6.09. The molecule has 112 valence electrons. The molecule has 1 heterocycles. The Morgan fingerprint density at radius 1 is 1.33 bits per heavy atom. The first-order chi connectivity index (χ1) is 10.1. The highest BCUT2D eigenvalue weighted by molar-refractivity contribution is 7.99. The van der Waals surface area contributed by atoms with Crippen LogP contribution in [0, 0.1) is 0 Å². The molecule has 2 rings (SSSR count). The van der Waals surface area contributed by atoms with Crippen LogP contribution in [0.3, 0.4) is 0 Å². The molecule has 0 spiro atoms. The fraction of sp³-hybridized carbons (Fsp3) is 0.375. The molecule has 1 aromatic rings. The molecule has 1 aliphatic heterocycles. The fourth-order valence-electron chi connectivity index (χ4n) is 2.41. The molecule has 0 radical (unpaired) electrons. The topological polar surface area (TPSA) is 49.4 Å². The number of nitrogens with one attached hydrogen (secondary N) is 1. The maximum atomic E-state index is 12.4. The summed E-state index contributed by atoms with van der Waals surface area (Å²) >= 11 is 1.70. The number of hydrogen-bond donors (Lipinski definition) is 1. The van der Waals surface area contributed by atoms with Gasteiger partial charge in [0, 0.05) is 18.1 Å². The minimum atomic E-state index is -0.528. The van der Waals surface area contributed by atoms with Gasteiger partial charge < -0.3 is 10.2 Å². The number of piperazine rings is 1. The van der Waals surface area contributed by atoms with Crippen molar-refractivity contribution in [2.24, 2.45) is 0 Å². The summed E-state index contributed by atoms with van der Waals surface area (Å²) in [7, 11) is 0. The van der Waals surface area contributed by atoms with Crippen LogP contribution in [0.5, 0.6) is 0 Å². The molecule has 2 unspecified atom stereocenters. The maximum absolute atomic E-state index is 12.4. The average molecular weight is 304 g/mol. The van der Waals surface area contributed by atoms with Gasteiger partial charge in [-0.15, -0.1) is 6.58 Å². The lowest BCUT2D eigenvalue weighted by atomic mass is 10.0. The van der Waals surface area contributed by atoms with Crippen LogP contribution in [0.2, 0.25) is 0 Å². The molecule has 2 atom stereocenters. The lowest BCUT2D eigenvalue weighted by Crippen LogP contribution is -2.58. The molecule has 4 nitrogen and oxygen atoms in total. The lowest BCUT2D eigenvalue weighted by molar-refractivity contribution is -0.148. The zero-order valence-electron chi connectivity index (χ0n) is 12.1. The smallest absolute Gasteiger partial charge is 0.248 e. The van der Waals surface area contributed by atoms with Crippen molar-refractivity contribution in [2.75, 3.05) is 18.1 Å². The van der Waals surface area contributed by atoms with Gasteiger partial charge in [0.05, 0.1) is 0 Å². The van der Waals surface area contributed by atoms with Crippen LogP contribution in [0.4, 0.5) is 0 Å². The molecular weight excluding hydrogens is 284 g/mol. The van der Waals surface area contributed by atoms with E-state index in [0.29, 0.717) is 6.54 Å². The van der Waals surface area contributed by atoms with E-state index in [4.69, 9.17) is 0 Å². The Morgan fingerprint density at radius 2 is 2.05 bits per heavy atom. The van der Waals surface area contributed by atoms with Gasteiger partial charge in [-0.2, -0.15) is 11.8 Å². The van der Waals surface area contributed by atoms with Crippen LogP contribution in [-0.4, -0.2) is 40.8 Å². The van der Waals surface area contributed by atoms with E-state index in [1.54, 1.807) is 23.6 Å². The quantitative estimate of drug-likeness (QED) is 0.646. The SMILES string of the molecule is C=CCSCCN1C(=O)C(C)NC(=O)C1c1ccccc1. The van der Waals surface area contributed by atoms with Gasteiger partial charge in [-0.3, -0.25) is 9.59 Å². The van der Waals surface area contributed by atoms with E-state index in [9.17, 15) is 9.59 Å². The molecule has 5 heteroatoms. The first kappa shape index (κ1) is 15.6. The van der Waals surface area contributed by atoms with Crippen LogP contribution in [-0.2, 0) is 9.59 Å². The molecule has 0 saturated carbocycles. The predicted molar refractivity (Wildman–Crippen MR) is 86.0 cm³/mol. The molecule has 0 bridgehead atoms. The summed E-state index contributed by atoms with van der Waals surface area (Å²) in [5, 5.41) is 2.76. The van der Waals surface area contributed by atoms with Crippen LogP contribution >= 0.6 is 11.8 Å². The van der Waals surface area contributed by atoms with E-state index >= 15 is 0 Å². The Balaban J connectivity index is 2.18. The zero-order valence-corrected chi connectivity index (χ0v) is 12.9. The van der Waals surface area contributed by atoms with Gasteiger partial charge in [-0.05, 0) is 12.5 Å². The Labute approximate surface area is 129 Å². The van der Waals surface area contributed by atoms with Gasteiger partial charge >= 0.3 is 0 Å². The first-order valence-corrected chi connectivity index (χ1v) is 8.15. The third-order valence-corrected chi connectivity index (χ3v) is 4.34. The average Bonchev–Trinajstić information content (AvgIpc) is 2.49. The van der Waals surface area contributed by atoms with Gasteiger partial charge in [0.25, 0.3) is 0 Å². The van der Waals surface area contributed by atoms with Crippen LogP contribution in [0.25, 0.3) is 0 Å². The van der Waals surface area contributed by atoms with E-state index < -0.39 is 12.1 Å². The number of hydrogen-bond acceptors (Lipinski definition) is 3. The maximum Gasteiger partial charge on any atom is 0.248 e. The second-order valence-electron chi connectivity index (χ2n) is 4.94. The van der Waals surface area contributed by atoms with Crippen molar-refractivity contribution in [3.8, 4) is 0 Å². The Bertz CT molecular complexity index is 518. The minimum absolute atomic E-state index is 0.0253. The minimum Gasteiger partial charge on any atom is -0.342 e. The molecule has 1 fully saturated rings. The fourth-order valence-corrected chi connectivity index (χ4v) is 3.07. The van der Waals surface area contributed by atoms with E-state index in [-0.39, 0.29) is 11.8 Å². The summed E-state index contributed by atoms with van der Waals surface area (Å²) in [6, 6.07) is 8.46. The van der Waals surface area contributed by atoms with Gasteiger partial charge in [-0.25, -0.2) is 0 Å². The molecule has 1 N–H and O–H groups in total. The van der Waals surface area contributed by atoms with Crippen molar-refractivity contribution in [2.45, 2.75) is 19.0 Å². The third kappa shape index (κ3) is 3.67. The third-order valence-electron chi connectivity index (χ3n) is 3.40. The zero-order chi connectivity index (χ0) is 15.2. The Morgan fingerprint density at radius 3 is 2.71 bits per heavy atom. The molecule has 1 saturated heterocycles. The highest BCUT2D eigenvalue weighted by Gasteiger charge is 2.38. The lowest BCUT2D eigenvalue weighted by Gasteiger charge is -2.38. The second kappa shape index (κ2) is 7.31. The number of benzene rings is 1. The largest absolute Gasteiger partial charge is 0.342 e. The number of amides is 2. The van der Waals surface area contributed by atoms with Crippen molar-refractivity contribution < 1.29 is 9.59 Å². The summed E-state index contributed by atoms with van der Waals surface area (Å²) in [5.41, 5.74) is 0.851. The van der Waals surface area contributed by atoms with Gasteiger partial charge in [0.15, 0.2) is 0 Å². The molecular formula is C16H20N2O2S. The van der Waals surface area contributed by atoms with E-state index in [1.807, 2.05) is 36.4 Å².